The Morgan fingerprint density at radius 1 is 1.44 bits per heavy atom. The monoisotopic (exact) mass is 225 g/mol. The fraction of sp³-hybridized carbons (Fsp3) is 0.750. The van der Waals surface area contributed by atoms with Gasteiger partial charge in [0.05, 0.1) is 18.1 Å². The molecule has 0 saturated heterocycles. The van der Waals surface area contributed by atoms with Gasteiger partial charge in [-0.15, -0.1) is 0 Å². The van der Waals surface area contributed by atoms with Crippen LogP contribution in [-0.2, 0) is 18.3 Å². The number of nitrogens with one attached hydrogen (secondary N) is 1. The summed E-state index contributed by atoms with van der Waals surface area (Å²) in [6, 6.07) is 0. The molecule has 1 aromatic rings. The van der Waals surface area contributed by atoms with E-state index in [0.29, 0.717) is 6.10 Å². The lowest BCUT2D eigenvalue weighted by Crippen LogP contribution is -2.17. The maximum absolute atomic E-state index is 5.47. The zero-order chi connectivity index (χ0) is 11.8. The number of aryl methyl sites for hydroxylation is 1. The third kappa shape index (κ3) is 5.28. The number of hydrogen-bond acceptors (Lipinski definition) is 3. The molecule has 1 N–H and O–H groups in total. The van der Waals surface area contributed by atoms with Crippen molar-refractivity contribution in [2.45, 2.75) is 39.3 Å². The summed E-state index contributed by atoms with van der Waals surface area (Å²) in [4.78, 5) is 4.07. The van der Waals surface area contributed by atoms with Gasteiger partial charge in [0.15, 0.2) is 0 Å². The molecule has 0 bridgehead atoms. The van der Waals surface area contributed by atoms with Crippen molar-refractivity contribution in [2.75, 3.05) is 13.2 Å². The molecule has 1 rings (SSSR count). The minimum atomic E-state index is 0.349. The van der Waals surface area contributed by atoms with Crippen LogP contribution < -0.4 is 5.32 Å². The first-order valence-electron chi connectivity index (χ1n) is 5.97. The molecule has 92 valence electrons. The number of imidazole rings is 1. The highest BCUT2D eigenvalue weighted by Crippen LogP contribution is 1.96. The summed E-state index contributed by atoms with van der Waals surface area (Å²) in [5, 5.41) is 3.40. The second-order valence-electron chi connectivity index (χ2n) is 4.30. The van der Waals surface area contributed by atoms with Crippen molar-refractivity contribution >= 4 is 0 Å². The molecule has 0 unspecified atom stereocenters. The standard InChI is InChI=1S/C12H23N3O/c1-11(2)16-7-5-4-6-13-8-12-9-14-10-15(12)3/h9-11,13H,4-8H2,1-3H3. The van der Waals surface area contributed by atoms with Crippen LogP contribution in [0.1, 0.15) is 32.4 Å². The summed E-state index contributed by atoms with van der Waals surface area (Å²) in [7, 11) is 2.01. The van der Waals surface area contributed by atoms with E-state index in [2.05, 4.69) is 24.1 Å². The molecule has 0 aliphatic heterocycles. The van der Waals surface area contributed by atoms with Crippen LogP contribution in [-0.4, -0.2) is 28.8 Å². The summed E-state index contributed by atoms with van der Waals surface area (Å²) >= 11 is 0. The Hall–Kier alpha value is -0.870. The van der Waals surface area contributed by atoms with Gasteiger partial charge in [0.2, 0.25) is 0 Å². The first-order valence-corrected chi connectivity index (χ1v) is 5.97. The lowest BCUT2D eigenvalue weighted by atomic mass is 10.3. The maximum atomic E-state index is 5.47. The molecule has 0 aromatic carbocycles. The third-order valence-electron chi connectivity index (χ3n) is 2.42. The van der Waals surface area contributed by atoms with Gasteiger partial charge in [-0.2, -0.15) is 0 Å². The van der Waals surface area contributed by atoms with Crippen molar-refractivity contribution in [1.82, 2.24) is 14.9 Å². The van der Waals surface area contributed by atoms with Crippen LogP contribution in [0.2, 0.25) is 0 Å². The molecule has 0 aliphatic rings. The fourth-order valence-electron chi connectivity index (χ4n) is 1.44. The van der Waals surface area contributed by atoms with E-state index < -0.39 is 0 Å². The minimum Gasteiger partial charge on any atom is -0.379 e. The molecule has 0 spiro atoms. The highest BCUT2D eigenvalue weighted by molar-refractivity contribution is 4.96. The lowest BCUT2D eigenvalue weighted by molar-refractivity contribution is 0.0760. The molecule has 4 heteroatoms. The van der Waals surface area contributed by atoms with Crippen molar-refractivity contribution in [3.05, 3.63) is 18.2 Å². The van der Waals surface area contributed by atoms with Gasteiger partial charge in [-0.25, -0.2) is 4.98 Å². The minimum absolute atomic E-state index is 0.349. The second kappa shape index (κ2) is 7.41. The molecule has 0 saturated carbocycles. The number of rotatable bonds is 8. The second-order valence-corrected chi connectivity index (χ2v) is 4.30. The Morgan fingerprint density at radius 3 is 2.88 bits per heavy atom. The molecular formula is C12H23N3O. The van der Waals surface area contributed by atoms with Crippen LogP contribution in [0.25, 0.3) is 0 Å². The molecule has 1 heterocycles. The van der Waals surface area contributed by atoms with Crippen molar-refractivity contribution in [1.29, 1.82) is 0 Å². The van der Waals surface area contributed by atoms with Crippen LogP contribution >= 0.6 is 0 Å². The van der Waals surface area contributed by atoms with Crippen LogP contribution in [0.4, 0.5) is 0 Å². The van der Waals surface area contributed by atoms with Crippen LogP contribution in [0.3, 0.4) is 0 Å². The number of aromatic nitrogens is 2. The Labute approximate surface area is 98.0 Å². The van der Waals surface area contributed by atoms with E-state index in [1.807, 2.05) is 24.1 Å². The van der Waals surface area contributed by atoms with Crippen molar-refractivity contribution in [2.24, 2.45) is 7.05 Å². The largest absolute Gasteiger partial charge is 0.379 e. The maximum Gasteiger partial charge on any atom is 0.0945 e. The molecular weight excluding hydrogens is 202 g/mol. The quantitative estimate of drug-likeness (QED) is 0.685. The smallest absolute Gasteiger partial charge is 0.0945 e. The van der Waals surface area contributed by atoms with Crippen molar-refractivity contribution < 1.29 is 4.74 Å². The van der Waals surface area contributed by atoms with E-state index in [9.17, 15) is 0 Å². The highest BCUT2D eigenvalue weighted by Gasteiger charge is 1.97. The molecule has 0 aliphatic carbocycles. The summed E-state index contributed by atoms with van der Waals surface area (Å²) in [5.74, 6) is 0. The predicted octanol–water partition coefficient (Wildman–Crippen LogP) is 1.71. The predicted molar refractivity (Wildman–Crippen MR) is 65.2 cm³/mol. The van der Waals surface area contributed by atoms with Gasteiger partial charge >= 0.3 is 0 Å². The number of unbranched alkanes of at least 4 members (excludes halogenated alkanes) is 1. The first kappa shape index (κ1) is 13.2. The van der Waals surface area contributed by atoms with E-state index in [1.54, 1.807) is 0 Å². The van der Waals surface area contributed by atoms with Gasteiger partial charge in [0.25, 0.3) is 0 Å². The SMILES string of the molecule is CC(C)OCCCCNCc1cncn1C. The van der Waals surface area contributed by atoms with E-state index in [4.69, 9.17) is 4.74 Å². The first-order chi connectivity index (χ1) is 7.70. The van der Waals surface area contributed by atoms with Gasteiger partial charge in [-0.1, -0.05) is 0 Å². The average Bonchev–Trinajstić information content (AvgIpc) is 2.62. The number of ether oxygens (including phenoxy) is 1. The summed E-state index contributed by atoms with van der Waals surface area (Å²) in [5.41, 5.74) is 1.22. The van der Waals surface area contributed by atoms with Gasteiger partial charge in [-0.05, 0) is 33.2 Å². The highest BCUT2D eigenvalue weighted by atomic mass is 16.5. The number of nitrogens with zero attached hydrogens (tertiary/aromatic N) is 2. The Kier molecular flexibility index (Phi) is 6.11. The average molecular weight is 225 g/mol. The van der Waals surface area contributed by atoms with E-state index in [1.165, 1.54) is 5.69 Å². The Bertz CT molecular complexity index is 284. The van der Waals surface area contributed by atoms with Crippen LogP contribution in [0, 0.1) is 0 Å². The lowest BCUT2D eigenvalue weighted by Gasteiger charge is -2.08. The fourth-order valence-corrected chi connectivity index (χ4v) is 1.44. The van der Waals surface area contributed by atoms with Gasteiger partial charge in [0, 0.05) is 26.4 Å². The van der Waals surface area contributed by atoms with Gasteiger partial charge in [0.1, 0.15) is 0 Å². The van der Waals surface area contributed by atoms with Crippen LogP contribution in [0.5, 0.6) is 0 Å². The zero-order valence-electron chi connectivity index (χ0n) is 10.6. The molecule has 16 heavy (non-hydrogen) atoms. The molecule has 4 nitrogen and oxygen atoms in total. The molecule has 0 radical (unpaired) electrons. The summed E-state index contributed by atoms with van der Waals surface area (Å²) < 4.78 is 7.51. The van der Waals surface area contributed by atoms with Gasteiger partial charge in [-0.3, -0.25) is 0 Å². The zero-order valence-corrected chi connectivity index (χ0v) is 10.6. The molecule has 1 aromatic heterocycles. The molecule has 0 fully saturated rings. The summed E-state index contributed by atoms with van der Waals surface area (Å²) in [6.07, 6.45) is 6.35. The van der Waals surface area contributed by atoms with E-state index >= 15 is 0 Å². The van der Waals surface area contributed by atoms with Crippen LogP contribution in [0.15, 0.2) is 12.5 Å². The normalized spacial score (nSPS) is 11.2. The van der Waals surface area contributed by atoms with Crippen molar-refractivity contribution in [3.8, 4) is 0 Å². The Morgan fingerprint density at radius 2 is 2.25 bits per heavy atom. The van der Waals surface area contributed by atoms with E-state index in [0.717, 1.165) is 32.5 Å². The van der Waals surface area contributed by atoms with E-state index in [-0.39, 0.29) is 0 Å². The Balaban J connectivity index is 1.94. The van der Waals surface area contributed by atoms with Gasteiger partial charge < -0.3 is 14.6 Å². The topological polar surface area (TPSA) is 39.1 Å². The van der Waals surface area contributed by atoms with Crippen molar-refractivity contribution in [3.63, 3.8) is 0 Å². The summed E-state index contributed by atoms with van der Waals surface area (Å²) in [6.45, 7) is 6.93. The number of hydrogen-bond donors (Lipinski definition) is 1. The molecule has 0 amide bonds. The molecule has 0 atom stereocenters. The third-order valence-corrected chi connectivity index (χ3v) is 2.42.